The van der Waals surface area contributed by atoms with E-state index in [1.165, 1.54) is 25.7 Å². The number of anilines is 1. The molecule has 0 radical (unpaired) electrons. The van der Waals surface area contributed by atoms with Gasteiger partial charge in [0.15, 0.2) is 0 Å². The zero-order valence-corrected chi connectivity index (χ0v) is 11.5. The predicted molar refractivity (Wildman–Crippen MR) is 74.6 cm³/mol. The van der Waals surface area contributed by atoms with Gasteiger partial charge in [0.2, 0.25) is 0 Å². The minimum atomic E-state index is 0.785. The molecule has 1 aromatic rings. The Kier molecular flexibility index (Phi) is 4.93. The monoisotopic (exact) mass is 248 g/mol. The second-order valence-electron chi connectivity index (χ2n) is 5.12. The summed E-state index contributed by atoms with van der Waals surface area (Å²) in [5.41, 5.74) is 1.02. The molecule has 0 aromatic carbocycles. The second kappa shape index (κ2) is 6.69. The Balaban J connectivity index is 1.94. The van der Waals surface area contributed by atoms with Crippen molar-refractivity contribution in [3.8, 4) is 0 Å². The highest BCUT2D eigenvalue weighted by Crippen LogP contribution is 2.24. The molecule has 2 rings (SSSR count). The summed E-state index contributed by atoms with van der Waals surface area (Å²) >= 11 is 0. The molecule has 100 valence electrons. The molecule has 1 N–H and O–H groups in total. The van der Waals surface area contributed by atoms with Gasteiger partial charge in [-0.25, -0.2) is 4.98 Å². The molecule has 0 spiro atoms. The summed E-state index contributed by atoms with van der Waals surface area (Å²) in [6, 6.07) is 0. The van der Waals surface area contributed by atoms with Gasteiger partial charge in [-0.2, -0.15) is 0 Å². The number of nitrogens with one attached hydrogen (secondary N) is 1. The summed E-state index contributed by atoms with van der Waals surface area (Å²) < 4.78 is 0. The first-order valence-corrected chi connectivity index (χ1v) is 7.04. The first-order valence-electron chi connectivity index (χ1n) is 7.04. The topological polar surface area (TPSA) is 41.1 Å². The first-order chi connectivity index (χ1) is 8.83. The molecule has 0 bridgehead atoms. The van der Waals surface area contributed by atoms with E-state index in [0.29, 0.717) is 0 Å². The molecule has 0 amide bonds. The van der Waals surface area contributed by atoms with Crippen LogP contribution in [0.2, 0.25) is 0 Å². The van der Waals surface area contributed by atoms with Crippen molar-refractivity contribution in [1.82, 2.24) is 15.3 Å². The summed E-state index contributed by atoms with van der Waals surface area (Å²) in [6.07, 6.45) is 9.00. The maximum Gasteiger partial charge on any atom is 0.147 e. The zero-order valence-electron chi connectivity index (χ0n) is 11.5. The van der Waals surface area contributed by atoms with Crippen molar-refractivity contribution < 1.29 is 0 Å². The maximum absolute atomic E-state index is 4.66. The molecule has 2 heterocycles. The van der Waals surface area contributed by atoms with E-state index in [1.54, 1.807) is 0 Å². The number of piperidine rings is 1. The van der Waals surface area contributed by atoms with Gasteiger partial charge in [-0.15, -0.1) is 0 Å². The third-order valence-electron chi connectivity index (χ3n) is 3.67. The van der Waals surface area contributed by atoms with Crippen LogP contribution in [-0.2, 0) is 6.54 Å². The Morgan fingerprint density at radius 3 is 2.78 bits per heavy atom. The molecule has 0 saturated carbocycles. The van der Waals surface area contributed by atoms with Gasteiger partial charge in [-0.3, -0.25) is 4.98 Å². The summed E-state index contributed by atoms with van der Waals surface area (Å²) in [7, 11) is 1.94. The van der Waals surface area contributed by atoms with Crippen LogP contribution in [0.4, 0.5) is 5.82 Å². The molecule has 4 nitrogen and oxygen atoms in total. The van der Waals surface area contributed by atoms with Gasteiger partial charge < -0.3 is 10.2 Å². The molecule has 0 atom stereocenters. The normalized spacial score (nSPS) is 17.1. The zero-order chi connectivity index (χ0) is 12.8. The van der Waals surface area contributed by atoms with Crippen molar-refractivity contribution in [3.63, 3.8) is 0 Å². The van der Waals surface area contributed by atoms with Crippen LogP contribution in [0.1, 0.15) is 38.3 Å². The molecule has 1 fully saturated rings. The minimum Gasteiger partial charge on any atom is -0.355 e. The van der Waals surface area contributed by atoms with E-state index in [0.717, 1.165) is 37.1 Å². The van der Waals surface area contributed by atoms with Gasteiger partial charge in [-0.05, 0) is 25.8 Å². The lowest BCUT2D eigenvalue weighted by Crippen LogP contribution is -2.34. The Hall–Kier alpha value is -1.16. The smallest absolute Gasteiger partial charge is 0.147 e. The molecule has 0 aliphatic carbocycles. The fourth-order valence-electron chi connectivity index (χ4n) is 2.67. The summed E-state index contributed by atoms with van der Waals surface area (Å²) in [6.45, 7) is 5.32. The van der Waals surface area contributed by atoms with Crippen LogP contribution in [0.3, 0.4) is 0 Å². The van der Waals surface area contributed by atoms with Crippen molar-refractivity contribution in [2.45, 2.75) is 39.2 Å². The van der Waals surface area contributed by atoms with Gasteiger partial charge in [-0.1, -0.05) is 19.8 Å². The van der Waals surface area contributed by atoms with Crippen molar-refractivity contribution in [1.29, 1.82) is 0 Å². The fraction of sp³-hybridized carbons (Fsp3) is 0.714. The third-order valence-corrected chi connectivity index (χ3v) is 3.67. The lowest BCUT2D eigenvalue weighted by Gasteiger charge is -2.32. The van der Waals surface area contributed by atoms with Crippen LogP contribution in [0.5, 0.6) is 0 Å². The molecule has 1 aliphatic rings. The van der Waals surface area contributed by atoms with E-state index < -0.39 is 0 Å². The van der Waals surface area contributed by atoms with Gasteiger partial charge in [0.25, 0.3) is 0 Å². The van der Waals surface area contributed by atoms with Crippen LogP contribution < -0.4 is 10.2 Å². The molecule has 18 heavy (non-hydrogen) atoms. The quantitative estimate of drug-likeness (QED) is 0.867. The van der Waals surface area contributed by atoms with Gasteiger partial charge in [0, 0.05) is 25.8 Å². The van der Waals surface area contributed by atoms with Gasteiger partial charge in [0.05, 0.1) is 11.9 Å². The lowest BCUT2D eigenvalue weighted by molar-refractivity contribution is 0.377. The third kappa shape index (κ3) is 3.42. The minimum absolute atomic E-state index is 0.785. The van der Waals surface area contributed by atoms with Crippen molar-refractivity contribution in [2.24, 2.45) is 5.92 Å². The Labute approximate surface area is 110 Å². The largest absolute Gasteiger partial charge is 0.355 e. The van der Waals surface area contributed by atoms with Crippen LogP contribution >= 0.6 is 0 Å². The molecule has 1 saturated heterocycles. The van der Waals surface area contributed by atoms with Crippen LogP contribution in [0, 0.1) is 5.92 Å². The number of nitrogens with zero attached hydrogens (tertiary/aromatic N) is 3. The Bertz CT molecular complexity index is 359. The maximum atomic E-state index is 4.66. The fourth-order valence-corrected chi connectivity index (χ4v) is 2.67. The van der Waals surface area contributed by atoms with E-state index in [9.17, 15) is 0 Å². The van der Waals surface area contributed by atoms with Crippen LogP contribution in [-0.4, -0.2) is 30.1 Å². The van der Waals surface area contributed by atoms with E-state index in [-0.39, 0.29) is 0 Å². The highest BCUT2D eigenvalue weighted by molar-refractivity contribution is 5.36. The van der Waals surface area contributed by atoms with Gasteiger partial charge in [0.1, 0.15) is 5.82 Å². The molecule has 1 aromatic heterocycles. The summed E-state index contributed by atoms with van der Waals surface area (Å²) in [4.78, 5) is 11.3. The first kappa shape index (κ1) is 13.3. The second-order valence-corrected chi connectivity index (χ2v) is 5.12. The number of aromatic nitrogens is 2. The van der Waals surface area contributed by atoms with Crippen molar-refractivity contribution in [2.75, 3.05) is 25.0 Å². The van der Waals surface area contributed by atoms with Crippen molar-refractivity contribution >= 4 is 5.82 Å². The Morgan fingerprint density at radius 1 is 1.33 bits per heavy atom. The summed E-state index contributed by atoms with van der Waals surface area (Å²) in [5, 5.41) is 3.12. The SMILES string of the molecule is CCCC1CCN(c2cncc(CNC)n2)CC1. The molecular weight excluding hydrogens is 224 g/mol. The molecule has 0 unspecified atom stereocenters. The molecule has 1 aliphatic heterocycles. The average Bonchev–Trinajstić information content (AvgIpc) is 2.41. The van der Waals surface area contributed by atoms with E-state index in [2.05, 4.69) is 27.1 Å². The standard InChI is InChI=1S/C14H24N4/c1-3-4-12-5-7-18(8-6-12)14-11-16-10-13(17-14)9-15-2/h10-12,15H,3-9H2,1-2H3. The van der Waals surface area contributed by atoms with Gasteiger partial charge >= 0.3 is 0 Å². The number of hydrogen-bond acceptors (Lipinski definition) is 4. The Morgan fingerprint density at radius 2 is 2.11 bits per heavy atom. The van der Waals surface area contributed by atoms with Crippen LogP contribution in [0.25, 0.3) is 0 Å². The van der Waals surface area contributed by atoms with E-state index >= 15 is 0 Å². The molecular formula is C14H24N4. The highest BCUT2D eigenvalue weighted by atomic mass is 15.2. The predicted octanol–water partition coefficient (Wildman–Crippen LogP) is 2.21. The summed E-state index contributed by atoms with van der Waals surface area (Å²) in [5.74, 6) is 1.96. The van der Waals surface area contributed by atoms with Crippen LogP contribution in [0.15, 0.2) is 12.4 Å². The highest BCUT2D eigenvalue weighted by Gasteiger charge is 2.19. The number of hydrogen-bond donors (Lipinski definition) is 1. The lowest BCUT2D eigenvalue weighted by atomic mass is 9.92. The van der Waals surface area contributed by atoms with E-state index in [1.807, 2.05) is 19.4 Å². The number of rotatable bonds is 5. The van der Waals surface area contributed by atoms with Crippen molar-refractivity contribution in [3.05, 3.63) is 18.1 Å². The molecule has 4 heteroatoms. The average molecular weight is 248 g/mol. The van der Waals surface area contributed by atoms with E-state index in [4.69, 9.17) is 0 Å².